The number of aryl methyl sites for hydroxylation is 2. The van der Waals surface area contributed by atoms with E-state index >= 15 is 0 Å². The van der Waals surface area contributed by atoms with Gasteiger partial charge in [0.15, 0.2) is 5.76 Å². The van der Waals surface area contributed by atoms with Gasteiger partial charge in [0.2, 0.25) is 15.9 Å². The summed E-state index contributed by atoms with van der Waals surface area (Å²) in [6, 6.07) is 0. The molecule has 0 fully saturated rings. The number of nitrogens with zero attached hydrogens (tertiary/aromatic N) is 1. The van der Waals surface area contributed by atoms with Crippen LogP contribution < -0.4 is 10.0 Å². The second-order valence-corrected chi connectivity index (χ2v) is 6.56. The normalized spacial score (nSPS) is 11.6. The molecule has 7 nitrogen and oxygen atoms in total. The van der Waals surface area contributed by atoms with Crippen LogP contribution in [0.2, 0.25) is 0 Å². The van der Waals surface area contributed by atoms with Gasteiger partial charge in [-0.3, -0.25) is 4.79 Å². The van der Waals surface area contributed by atoms with E-state index in [0.717, 1.165) is 19.3 Å². The summed E-state index contributed by atoms with van der Waals surface area (Å²) in [6.45, 7) is 5.86. The largest absolute Gasteiger partial charge is 0.360 e. The van der Waals surface area contributed by atoms with Crippen LogP contribution in [0.25, 0.3) is 0 Å². The maximum absolute atomic E-state index is 12.1. The average Bonchev–Trinajstić information content (AvgIpc) is 2.74. The van der Waals surface area contributed by atoms with Gasteiger partial charge < -0.3 is 9.84 Å². The van der Waals surface area contributed by atoms with Gasteiger partial charge in [0.25, 0.3) is 0 Å². The summed E-state index contributed by atoms with van der Waals surface area (Å²) in [5, 5.41) is 6.37. The summed E-state index contributed by atoms with van der Waals surface area (Å²) in [7, 11) is -3.69. The Kier molecular flexibility index (Phi) is 6.83. The van der Waals surface area contributed by atoms with Crippen molar-refractivity contribution in [3.05, 3.63) is 11.5 Å². The standard InChI is InChI=1S/C13H23N3O4S/c1-4-5-6-8-14-12(17)7-9-15-21(18,19)13-10(2)16-20-11(13)3/h15H,4-9H2,1-3H3,(H,14,17). The first-order chi connectivity index (χ1) is 9.88. The molecular weight excluding hydrogens is 294 g/mol. The number of sulfonamides is 1. The number of unbranched alkanes of at least 4 members (excludes halogenated alkanes) is 2. The minimum atomic E-state index is -3.69. The third kappa shape index (κ3) is 5.47. The number of carbonyl (C=O) groups is 1. The van der Waals surface area contributed by atoms with Crippen LogP contribution in [0.5, 0.6) is 0 Å². The van der Waals surface area contributed by atoms with Crippen molar-refractivity contribution < 1.29 is 17.7 Å². The van der Waals surface area contributed by atoms with Gasteiger partial charge in [-0.1, -0.05) is 24.9 Å². The van der Waals surface area contributed by atoms with Crippen molar-refractivity contribution in [2.45, 2.75) is 51.3 Å². The lowest BCUT2D eigenvalue weighted by Gasteiger charge is -2.07. The molecule has 120 valence electrons. The van der Waals surface area contributed by atoms with Crippen LogP contribution in [0, 0.1) is 13.8 Å². The van der Waals surface area contributed by atoms with E-state index in [1.54, 1.807) is 6.92 Å². The molecule has 2 N–H and O–H groups in total. The molecule has 8 heteroatoms. The van der Waals surface area contributed by atoms with Gasteiger partial charge in [-0.2, -0.15) is 0 Å². The summed E-state index contributed by atoms with van der Waals surface area (Å²) in [6.07, 6.45) is 3.20. The fourth-order valence-electron chi connectivity index (χ4n) is 1.92. The molecule has 0 unspecified atom stereocenters. The van der Waals surface area contributed by atoms with Crippen molar-refractivity contribution in [1.29, 1.82) is 0 Å². The van der Waals surface area contributed by atoms with Crippen molar-refractivity contribution in [2.24, 2.45) is 0 Å². The van der Waals surface area contributed by atoms with E-state index in [-0.39, 0.29) is 29.5 Å². The van der Waals surface area contributed by atoms with Gasteiger partial charge >= 0.3 is 0 Å². The van der Waals surface area contributed by atoms with E-state index < -0.39 is 10.0 Å². The Morgan fingerprint density at radius 2 is 1.95 bits per heavy atom. The highest BCUT2D eigenvalue weighted by Gasteiger charge is 2.23. The lowest BCUT2D eigenvalue weighted by Crippen LogP contribution is -2.31. The van der Waals surface area contributed by atoms with Crippen molar-refractivity contribution in [2.75, 3.05) is 13.1 Å². The highest BCUT2D eigenvalue weighted by Crippen LogP contribution is 2.18. The zero-order valence-corrected chi connectivity index (χ0v) is 13.5. The third-order valence-corrected chi connectivity index (χ3v) is 4.69. The van der Waals surface area contributed by atoms with Gasteiger partial charge in [0.1, 0.15) is 10.6 Å². The van der Waals surface area contributed by atoms with E-state index in [2.05, 4.69) is 22.1 Å². The summed E-state index contributed by atoms with van der Waals surface area (Å²) < 4.78 is 31.4. The van der Waals surface area contributed by atoms with Crippen molar-refractivity contribution in [3.8, 4) is 0 Å². The Labute approximate surface area is 125 Å². The van der Waals surface area contributed by atoms with E-state index in [1.165, 1.54) is 6.92 Å². The second-order valence-electron chi connectivity index (χ2n) is 4.86. The fourth-order valence-corrected chi connectivity index (χ4v) is 3.28. The minimum absolute atomic E-state index is 0.0471. The average molecular weight is 317 g/mol. The lowest BCUT2D eigenvalue weighted by atomic mass is 10.2. The molecule has 0 saturated carbocycles. The maximum Gasteiger partial charge on any atom is 0.245 e. The second kappa shape index (κ2) is 8.14. The Hall–Kier alpha value is -1.41. The molecule has 1 amide bonds. The highest BCUT2D eigenvalue weighted by molar-refractivity contribution is 7.89. The van der Waals surface area contributed by atoms with E-state index in [0.29, 0.717) is 12.2 Å². The van der Waals surface area contributed by atoms with Gasteiger partial charge in [-0.25, -0.2) is 13.1 Å². The zero-order valence-electron chi connectivity index (χ0n) is 12.7. The molecule has 1 rings (SSSR count). The predicted octanol–water partition coefficient (Wildman–Crippen LogP) is 1.27. The van der Waals surface area contributed by atoms with Gasteiger partial charge in [-0.15, -0.1) is 0 Å². The van der Waals surface area contributed by atoms with E-state index in [1.807, 2.05) is 0 Å². The Bertz CT molecular complexity index is 546. The number of hydrogen-bond donors (Lipinski definition) is 2. The molecule has 0 radical (unpaired) electrons. The predicted molar refractivity (Wildman–Crippen MR) is 78.3 cm³/mol. The summed E-state index contributed by atoms with van der Waals surface area (Å²) >= 11 is 0. The SMILES string of the molecule is CCCCCNC(=O)CCNS(=O)(=O)c1c(C)noc1C. The third-order valence-electron chi connectivity index (χ3n) is 2.98. The van der Waals surface area contributed by atoms with Crippen molar-refractivity contribution in [1.82, 2.24) is 15.2 Å². The molecule has 0 atom stereocenters. The maximum atomic E-state index is 12.1. The lowest BCUT2D eigenvalue weighted by molar-refractivity contribution is -0.120. The molecule has 0 saturated heterocycles. The van der Waals surface area contributed by atoms with Crippen molar-refractivity contribution >= 4 is 15.9 Å². The van der Waals surface area contributed by atoms with Crippen LogP contribution in [-0.2, 0) is 14.8 Å². The number of rotatable bonds is 9. The molecule has 1 aromatic rings. The molecule has 0 bridgehead atoms. The molecular formula is C13H23N3O4S. The van der Waals surface area contributed by atoms with Crippen LogP contribution >= 0.6 is 0 Å². The zero-order chi connectivity index (χ0) is 15.9. The number of nitrogens with one attached hydrogen (secondary N) is 2. The van der Waals surface area contributed by atoms with Gasteiger partial charge in [-0.05, 0) is 20.3 Å². The van der Waals surface area contributed by atoms with Crippen LogP contribution in [0.1, 0.15) is 44.1 Å². The molecule has 1 aromatic heterocycles. The van der Waals surface area contributed by atoms with Crippen molar-refractivity contribution in [3.63, 3.8) is 0 Å². The smallest absolute Gasteiger partial charge is 0.245 e. The Morgan fingerprint density at radius 3 is 2.52 bits per heavy atom. The molecule has 0 spiro atoms. The van der Waals surface area contributed by atoms with Crippen LogP contribution in [0.3, 0.4) is 0 Å². The van der Waals surface area contributed by atoms with Crippen LogP contribution in [-0.4, -0.2) is 32.6 Å². The molecule has 21 heavy (non-hydrogen) atoms. The summed E-state index contributed by atoms with van der Waals surface area (Å²) in [5.41, 5.74) is 0.309. The van der Waals surface area contributed by atoms with Gasteiger partial charge in [0.05, 0.1) is 0 Å². The number of carbonyl (C=O) groups excluding carboxylic acids is 1. The first kappa shape index (κ1) is 17.6. The summed E-state index contributed by atoms with van der Waals surface area (Å²) in [4.78, 5) is 11.6. The van der Waals surface area contributed by atoms with Crippen LogP contribution in [0.15, 0.2) is 9.42 Å². The Balaban J connectivity index is 2.40. The van der Waals surface area contributed by atoms with E-state index in [9.17, 15) is 13.2 Å². The van der Waals surface area contributed by atoms with Crippen LogP contribution in [0.4, 0.5) is 0 Å². The Morgan fingerprint density at radius 1 is 1.24 bits per heavy atom. The molecule has 0 aliphatic rings. The van der Waals surface area contributed by atoms with Gasteiger partial charge in [0, 0.05) is 19.5 Å². The molecule has 0 aromatic carbocycles. The number of hydrogen-bond acceptors (Lipinski definition) is 5. The van der Waals surface area contributed by atoms with E-state index in [4.69, 9.17) is 4.52 Å². The number of amides is 1. The minimum Gasteiger partial charge on any atom is -0.360 e. The highest BCUT2D eigenvalue weighted by atomic mass is 32.2. The molecule has 0 aliphatic carbocycles. The molecule has 1 heterocycles. The monoisotopic (exact) mass is 317 g/mol. The fraction of sp³-hybridized carbons (Fsp3) is 0.692. The molecule has 0 aliphatic heterocycles. The quantitative estimate of drug-likeness (QED) is 0.668. The summed E-state index contributed by atoms with van der Waals surface area (Å²) in [5.74, 6) is 0.0802. The number of aromatic nitrogens is 1. The topological polar surface area (TPSA) is 101 Å². The first-order valence-corrected chi connectivity index (χ1v) is 8.56. The first-order valence-electron chi connectivity index (χ1n) is 7.07.